The number of carboxylic acids is 1. The van der Waals surface area contributed by atoms with Crippen LogP contribution in [0.1, 0.15) is 12.8 Å². The maximum Gasteiger partial charge on any atom is 0.327 e. The van der Waals surface area contributed by atoms with Gasteiger partial charge in [0.2, 0.25) is 5.91 Å². The summed E-state index contributed by atoms with van der Waals surface area (Å²) in [6.07, 6.45) is 5.61. The first kappa shape index (κ1) is 14.8. The molecule has 0 aromatic heterocycles. The fourth-order valence-electron chi connectivity index (χ4n) is 1.72. The van der Waals surface area contributed by atoms with Crippen LogP contribution in [0.4, 0.5) is 4.79 Å². The van der Waals surface area contributed by atoms with Gasteiger partial charge in [-0.3, -0.25) is 4.79 Å². The van der Waals surface area contributed by atoms with Crippen LogP contribution >= 0.6 is 0 Å². The molecule has 1 fully saturated rings. The Hall–Kier alpha value is -2.23. The highest BCUT2D eigenvalue weighted by Gasteiger charge is 2.26. The second kappa shape index (κ2) is 6.64. The summed E-state index contributed by atoms with van der Waals surface area (Å²) in [5, 5.41) is 11.2. The van der Waals surface area contributed by atoms with E-state index in [1.54, 1.807) is 11.9 Å². The molecule has 104 valence electrons. The van der Waals surface area contributed by atoms with Crippen molar-refractivity contribution in [2.75, 3.05) is 26.7 Å². The Bertz CT molecular complexity index is 416. The van der Waals surface area contributed by atoms with Crippen LogP contribution < -0.4 is 5.32 Å². The molecular weight excluding hydrogens is 250 g/mol. The predicted molar refractivity (Wildman–Crippen MR) is 67.2 cm³/mol. The summed E-state index contributed by atoms with van der Waals surface area (Å²) in [4.78, 5) is 37.3. The fourth-order valence-corrected chi connectivity index (χ4v) is 1.72. The molecule has 0 bridgehead atoms. The zero-order valence-corrected chi connectivity index (χ0v) is 10.8. The lowest BCUT2D eigenvalue weighted by molar-refractivity contribution is -0.139. The van der Waals surface area contributed by atoms with Crippen molar-refractivity contribution < 1.29 is 19.5 Å². The van der Waals surface area contributed by atoms with E-state index < -0.39 is 18.0 Å². The average molecular weight is 267 g/mol. The number of urea groups is 1. The highest BCUT2D eigenvalue weighted by Crippen LogP contribution is 2.04. The molecule has 1 heterocycles. The molecule has 1 saturated heterocycles. The standard InChI is InChI=1S/C12H17N3O4/c1-3-5-9(11(17)18)13-12(19)15-7-4-6-14(2)10(16)8-15/h1,9H,4-8H2,2H3,(H,13,19)(H,17,18). The van der Waals surface area contributed by atoms with Gasteiger partial charge in [0.1, 0.15) is 12.6 Å². The SMILES string of the molecule is C#CCC(NC(=O)N1CCCN(C)C(=O)C1)C(=O)O. The number of hydrogen-bond donors (Lipinski definition) is 2. The number of carbonyl (C=O) groups excluding carboxylic acids is 2. The molecule has 0 aromatic rings. The van der Waals surface area contributed by atoms with Crippen LogP contribution in [0.2, 0.25) is 0 Å². The largest absolute Gasteiger partial charge is 0.480 e. The molecule has 1 aliphatic heterocycles. The van der Waals surface area contributed by atoms with Crippen LogP contribution in [0.5, 0.6) is 0 Å². The summed E-state index contributed by atoms with van der Waals surface area (Å²) in [6, 6.07) is -1.71. The van der Waals surface area contributed by atoms with E-state index >= 15 is 0 Å². The summed E-state index contributed by atoms with van der Waals surface area (Å²) in [5.41, 5.74) is 0. The minimum atomic E-state index is -1.19. The van der Waals surface area contributed by atoms with E-state index in [2.05, 4.69) is 11.2 Å². The Morgan fingerprint density at radius 1 is 1.53 bits per heavy atom. The molecule has 7 nitrogen and oxygen atoms in total. The molecule has 1 aliphatic rings. The number of carbonyl (C=O) groups is 3. The van der Waals surface area contributed by atoms with E-state index in [4.69, 9.17) is 11.5 Å². The molecular formula is C12H17N3O4. The minimum absolute atomic E-state index is 0.0509. The van der Waals surface area contributed by atoms with Crippen LogP contribution in [-0.2, 0) is 9.59 Å². The zero-order valence-electron chi connectivity index (χ0n) is 10.8. The van der Waals surface area contributed by atoms with Gasteiger partial charge in [0, 0.05) is 26.6 Å². The van der Waals surface area contributed by atoms with Crippen LogP contribution in [0.15, 0.2) is 0 Å². The second-order valence-electron chi connectivity index (χ2n) is 4.34. The first-order chi connectivity index (χ1) is 8.95. The van der Waals surface area contributed by atoms with E-state index in [0.717, 1.165) is 0 Å². The molecule has 2 N–H and O–H groups in total. The number of carboxylic acid groups (broad SMARTS) is 1. The van der Waals surface area contributed by atoms with Gasteiger partial charge in [-0.1, -0.05) is 0 Å². The second-order valence-corrected chi connectivity index (χ2v) is 4.34. The van der Waals surface area contributed by atoms with Crippen molar-refractivity contribution in [1.82, 2.24) is 15.1 Å². The lowest BCUT2D eigenvalue weighted by Gasteiger charge is -2.22. The maximum atomic E-state index is 11.9. The number of terminal acetylenes is 1. The van der Waals surface area contributed by atoms with E-state index in [-0.39, 0.29) is 18.9 Å². The lowest BCUT2D eigenvalue weighted by Crippen LogP contribution is -2.49. The van der Waals surface area contributed by atoms with Gasteiger partial charge in [0.05, 0.1) is 0 Å². The van der Waals surface area contributed by atoms with Crippen LogP contribution in [-0.4, -0.2) is 65.5 Å². The molecule has 0 aromatic carbocycles. The third-order valence-electron chi connectivity index (χ3n) is 2.88. The van der Waals surface area contributed by atoms with Crippen LogP contribution in [0, 0.1) is 12.3 Å². The number of nitrogens with zero attached hydrogens (tertiary/aromatic N) is 2. The van der Waals surface area contributed by atoms with Crippen LogP contribution in [0.3, 0.4) is 0 Å². The van der Waals surface area contributed by atoms with Crippen molar-refractivity contribution in [2.24, 2.45) is 0 Å². The third kappa shape index (κ3) is 4.17. The molecule has 0 aliphatic carbocycles. The average Bonchev–Trinajstić information content (AvgIpc) is 2.51. The molecule has 3 amide bonds. The smallest absolute Gasteiger partial charge is 0.327 e. The fraction of sp³-hybridized carbons (Fsp3) is 0.583. The van der Waals surface area contributed by atoms with E-state index in [0.29, 0.717) is 19.5 Å². The van der Waals surface area contributed by atoms with Crippen molar-refractivity contribution in [3.8, 4) is 12.3 Å². The number of aliphatic carboxylic acids is 1. The monoisotopic (exact) mass is 267 g/mol. The summed E-state index contributed by atoms with van der Waals surface area (Å²) in [6.45, 7) is 0.935. The van der Waals surface area contributed by atoms with Gasteiger partial charge in [-0.2, -0.15) is 0 Å². The molecule has 7 heteroatoms. The Morgan fingerprint density at radius 2 is 2.21 bits per heavy atom. The Labute approximate surface area is 111 Å². The summed E-state index contributed by atoms with van der Waals surface area (Å²) < 4.78 is 0. The van der Waals surface area contributed by atoms with E-state index in [1.807, 2.05) is 0 Å². The topological polar surface area (TPSA) is 90.0 Å². The molecule has 1 atom stereocenters. The number of rotatable bonds is 3. The zero-order chi connectivity index (χ0) is 14.4. The van der Waals surface area contributed by atoms with Gasteiger partial charge in [0.25, 0.3) is 0 Å². The van der Waals surface area contributed by atoms with Crippen molar-refractivity contribution in [3.05, 3.63) is 0 Å². The van der Waals surface area contributed by atoms with Crippen molar-refractivity contribution >= 4 is 17.9 Å². The van der Waals surface area contributed by atoms with E-state index in [1.165, 1.54) is 4.90 Å². The minimum Gasteiger partial charge on any atom is -0.480 e. The van der Waals surface area contributed by atoms with Gasteiger partial charge < -0.3 is 20.2 Å². The van der Waals surface area contributed by atoms with Crippen LogP contribution in [0.25, 0.3) is 0 Å². The van der Waals surface area contributed by atoms with Gasteiger partial charge in [0.15, 0.2) is 0 Å². The van der Waals surface area contributed by atoms with E-state index in [9.17, 15) is 14.4 Å². The third-order valence-corrected chi connectivity index (χ3v) is 2.88. The quantitative estimate of drug-likeness (QED) is 0.664. The van der Waals surface area contributed by atoms with Gasteiger partial charge in [-0.05, 0) is 6.42 Å². The predicted octanol–water partition coefficient (Wildman–Crippen LogP) is -0.663. The number of amides is 3. The van der Waals surface area contributed by atoms with Gasteiger partial charge in [-0.25, -0.2) is 9.59 Å². The molecule has 0 radical (unpaired) electrons. The molecule has 19 heavy (non-hydrogen) atoms. The first-order valence-electron chi connectivity index (χ1n) is 5.91. The number of hydrogen-bond acceptors (Lipinski definition) is 3. The first-order valence-corrected chi connectivity index (χ1v) is 5.91. The Kier molecular flexibility index (Phi) is 5.18. The lowest BCUT2D eigenvalue weighted by atomic mass is 10.2. The number of nitrogens with one attached hydrogen (secondary N) is 1. The summed E-state index contributed by atoms with van der Waals surface area (Å²) in [5.74, 6) is 0.836. The van der Waals surface area contributed by atoms with Crippen molar-refractivity contribution in [3.63, 3.8) is 0 Å². The molecule has 0 spiro atoms. The van der Waals surface area contributed by atoms with Crippen molar-refractivity contribution in [2.45, 2.75) is 18.9 Å². The molecule has 1 unspecified atom stereocenters. The summed E-state index contributed by atoms with van der Waals surface area (Å²) in [7, 11) is 1.67. The number of likely N-dealkylation sites (N-methyl/N-ethyl adjacent to an activating group) is 1. The van der Waals surface area contributed by atoms with Gasteiger partial charge in [-0.15, -0.1) is 12.3 Å². The molecule has 0 saturated carbocycles. The molecule has 1 rings (SSSR count). The highest BCUT2D eigenvalue weighted by atomic mass is 16.4. The normalized spacial score (nSPS) is 17.4. The maximum absolute atomic E-state index is 11.9. The summed E-state index contributed by atoms with van der Waals surface area (Å²) >= 11 is 0. The Balaban J connectivity index is 2.64. The Morgan fingerprint density at radius 3 is 2.79 bits per heavy atom. The van der Waals surface area contributed by atoms with Gasteiger partial charge >= 0.3 is 12.0 Å². The highest BCUT2D eigenvalue weighted by molar-refractivity contribution is 5.87. The van der Waals surface area contributed by atoms with Crippen molar-refractivity contribution in [1.29, 1.82) is 0 Å².